The van der Waals surface area contributed by atoms with Crippen molar-refractivity contribution >= 4 is 5.91 Å². The topological polar surface area (TPSA) is 20.3 Å². The zero-order valence-electron chi connectivity index (χ0n) is 9.95. The van der Waals surface area contributed by atoms with Crippen molar-refractivity contribution in [3.63, 3.8) is 0 Å². The average molecular weight is 233 g/mol. The zero-order valence-corrected chi connectivity index (χ0v) is 9.95. The standard InChI is InChI=1S/C14H16FNO/c1-3-11-7-14(17)16(8-11)9-12-4-5-13(15)10(2)6-12/h3-6,11H,1,7-9H2,2H3. The van der Waals surface area contributed by atoms with Gasteiger partial charge in [-0.15, -0.1) is 6.58 Å². The lowest BCUT2D eigenvalue weighted by Crippen LogP contribution is -2.24. The highest BCUT2D eigenvalue weighted by atomic mass is 19.1. The second-order valence-corrected chi connectivity index (χ2v) is 4.56. The smallest absolute Gasteiger partial charge is 0.223 e. The molecule has 1 amide bonds. The maximum atomic E-state index is 13.1. The monoisotopic (exact) mass is 233 g/mol. The van der Waals surface area contributed by atoms with Crippen LogP contribution in [-0.2, 0) is 11.3 Å². The predicted molar refractivity (Wildman–Crippen MR) is 64.9 cm³/mol. The lowest BCUT2D eigenvalue weighted by molar-refractivity contribution is -0.128. The van der Waals surface area contributed by atoms with Crippen LogP contribution in [0.25, 0.3) is 0 Å². The van der Waals surface area contributed by atoms with E-state index in [9.17, 15) is 9.18 Å². The van der Waals surface area contributed by atoms with Crippen molar-refractivity contribution in [1.82, 2.24) is 4.90 Å². The number of benzene rings is 1. The molecule has 1 aromatic rings. The minimum atomic E-state index is -0.203. The largest absolute Gasteiger partial charge is 0.338 e. The van der Waals surface area contributed by atoms with E-state index in [0.29, 0.717) is 18.5 Å². The molecule has 1 saturated heterocycles. The van der Waals surface area contributed by atoms with E-state index in [0.717, 1.165) is 12.1 Å². The van der Waals surface area contributed by atoms with Gasteiger partial charge in [-0.1, -0.05) is 18.2 Å². The Kier molecular flexibility index (Phi) is 3.27. The molecule has 1 unspecified atom stereocenters. The molecule has 1 aliphatic heterocycles. The number of aryl methyl sites for hydroxylation is 1. The summed E-state index contributed by atoms with van der Waals surface area (Å²) in [6.07, 6.45) is 2.37. The van der Waals surface area contributed by atoms with E-state index >= 15 is 0 Å². The van der Waals surface area contributed by atoms with Crippen LogP contribution in [-0.4, -0.2) is 17.4 Å². The second kappa shape index (κ2) is 4.70. The second-order valence-electron chi connectivity index (χ2n) is 4.56. The van der Waals surface area contributed by atoms with E-state index in [1.165, 1.54) is 6.07 Å². The summed E-state index contributed by atoms with van der Waals surface area (Å²) in [5.41, 5.74) is 1.59. The molecule has 2 nitrogen and oxygen atoms in total. The van der Waals surface area contributed by atoms with Crippen molar-refractivity contribution in [3.8, 4) is 0 Å². The predicted octanol–water partition coefficient (Wildman–Crippen LogP) is 2.67. The number of likely N-dealkylation sites (tertiary alicyclic amines) is 1. The van der Waals surface area contributed by atoms with Crippen LogP contribution < -0.4 is 0 Å². The Morgan fingerprint density at radius 1 is 1.59 bits per heavy atom. The van der Waals surface area contributed by atoms with Crippen molar-refractivity contribution < 1.29 is 9.18 Å². The first kappa shape index (κ1) is 11.8. The minimum absolute atomic E-state index is 0.150. The number of amides is 1. The van der Waals surface area contributed by atoms with Gasteiger partial charge in [0.25, 0.3) is 0 Å². The van der Waals surface area contributed by atoms with Crippen LogP contribution in [0.1, 0.15) is 17.5 Å². The minimum Gasteiger partial charge on any atom is -0.338 e. The maximum absolute atomic E-state index is 13.1. The third-order valence-corrected chi connectivity index (χ3v) is 3.17. The van der Waals surface area contributed by atoms with Gasteiger partial charge >= 0.3 is 0 Å². The van der Waals surface area contributed by atoms with Gasteiger partial charge in [-0.05, 0) is 24.1 Å². The van der Waals surface area contributed by atoms with E-state index in [1.54, 1.807) is 24.0 Å². The van der Waals surface area contributed by atoms with E-state index in [-0.39, 0.29) is 17.6 Å². The Morgan fingerprint density at radius 3 is 2.94 bits per heavy atom. The molecule has 0 aliphatic carbocycles. The Balaban J connectivity index is 2.08. The Morgan fingerprint density at radius 2 is 2.35 bits per heavy atom. The van der Waals surface area contributed by atoms with Gasteiger partial charge < -0.3 is 4.90 Å². The lowest BCUT2D eigenvalue weighted by atomic mass is 10.1. The molecule has 90 valence electrons. The summed E-state index contributed by atoms with van der Waals surface area (Å²) in [7, 11) is 0. The summed E-state index contributed by atoms with van der Waals surface area (Å²) in [5.74, 6) is 0.200. The zero-order chi connectivity index (χ0) is 12.4. The quantitative estimate of drug-likeness (QED) is 0.735. The van der Waals surface area contributed by atoms with Crippen molar-refractivity contribution in [3.05, 3.63) is 47.8 Å². The summed E-state index contributed by atoms with van der Waals surface area (Å²) < 4.78 is 13.1. The fourth-order valence-electron chi connectivity index (χ4n) is 2.14. The maximum Gasteiger partial charge on any atom is 0.223 e. The van der Waals surface area contributed by atoms with Gasteiger partial charge in [0.1, 0.15) is 5.82 Å². The van der Waals surface area contributed by atoms with Crippen LogP contribution in [0.4, 0.5) is 4.39 Å². The molecule has 0 aromatic heterocycles. The van der Waals surface area contributed by atoms with Crippen molar-refractivity contribution in [2.24, 2.45) is 5.92 Å². The first-order valence-electron chi connectivity index (χ1n) is 5.75. The van der Waals surface area contributed by atoms with Crippen LogP contribution in [0.2, 0.25) is 0 Å². The number of hydrogen-bond acceptors (Lipinski definition) is 1. The highest BCUT2D eigenvalue weighted by molar-refractivity contribution is 5.79. The van der Waals surface area contributed by atoms with Crippen molar-refractivity contribution in [2.45, 2.75) is 19.9 Å². The summed E-state index contributed by atoms with van der Waals surface area (Å²) in [6, 6.07) is 4.98. The van der Waals surface area contributed by atoms with Gasteiger partial charge in [0.05, 0.1) is 0 Å². The fourth-order valence-corrected chi connectivity index (χ4v) is 2.14. The van der Waals surface area contributed by atoms with Crippen molar-refractivity contribution in [2.75, 3.05) is 6.54 Å². The molecule has 1 aliphatic rings. The number of nitrogens with zero attached hydrogens (tertiary/aromatic N) is 1. The van der Waals surface area contributed by atoms with Gasteiger partial charge in [-0.2, -0.15) is 0 Å². The van der Waals surface area contributed by atoms with Crippen LogP contribution >= 0.6 is 0 Å². The molecular weight excluding hydrogens is 217 g/mol. The Bertz CT molecular complexity index is 456. The summed E-state index contributed by atoms with van der Waals surface area (Å²) >= 11 is 0. The van der Waals surface area contributed by atoms with E-state index in [4.69, 9.17) is 0 Å². The third kappa shape index (κ3) is 2.54. The highest BCUT2D eigenvalue weighted by Crippen LogP contribution is 2.21. The molecule has 0 saturated carbocycles. The van der Waals surface area contributed by atoms with E-state index in [1.807, 2.05) is 6.08 Å². The van der Waals surface area contributed by atoms with Crippen LogP contribution in [0.5, 0.6) is 0 Å². The molecule has 0 radical (unpaired) electrons. The van der Waals surface area contributed by atoms with Crippen LogP contribution in [0.3, 0.4) is 0 Å². The molecule has 1 fully saturated rings. The Hall–Kier alpha value is -1.64. The van der Waals surface area contributed by atoms with Crippen LogP contribution in [0, 0.1) is 18.7 Å². The molecule has 17 heavy (non-hydrogen) atoms. The summed E-state index contributed by atoms with van der Waals surface area (Å²) in [4.78, 5) is 13.5. The molecule has 2 rings (SSSR count). The number of carbonyl (C=O) groups is 1. The van der Waals surface area contributed by atoms with Crippen LogP contribution in [0.15, 0.2) is 30.9 Å². The van der Waals surface area contributed by atoms with Gasteiger partial charge in [-0.25, -0.2) is 4.39 Å². The van der Waals surface area contributed by atoms with Crippen molar-refractivity contribution in [1.29, 1.82) is 0 Å². The van der Waals surface area contributed by atoms with Gasteiger partial charge in [0.15, 0.2) is 0 Å². The molecular formula is C14H16FNO. The first-order valence-corrected chi connectivity index (χ1v) is 5.75. The molecule has 3 heteroatoms. The molecule has 1 aromatic carbocycles. The molecule has 0 N–H and O–H groups in total. The third-order valence-electron chi connectivity index (χ3n) is 3.17. The number of hydrogen-bond donors (Lipinski definition) is 0. The molecule has 0 spiro atoms. The first-order chi connectivity index (χ1) is 8.10. The van der Waals surface area contributed by atoms with E-state index in [2.05, 4.69) is 6.58 Å². The summed E-state index contributed by atoms with van der Waals surface area (Å²) in [6.45, 7) is 6.73. The van der Waals surface area contributed by atoms with E-state index < -0.39 is 0 Å². The SMILES string of the molecule is C=CC1CC(=O)N(Cc2ccc(F)c(C)c2)C1. The highest BCUT2D eigenvalue weighted by Gasteiger charge is 2.27. The molecule has 1 heterocycles. The van der Waals surface area contributed by atoms with Gasteiger partial charge in [0, 0.05) is 25.4 Å². The molecule has 0 bridgehead atoms. The lowest BCUT2D eigenvalue weighted by Gasteiger charge is -2.16. The number of halogens is 1. The number of rotatable bonds is 3. The van der Waals surface area contributed by atoms with Gasteiger partial charge in [-0.3, -0.25) is 4.79 Å². The van der Waals surface area contributed by atoms with Gasteiger partial charge in [0.2, 0.25) is 5.91 Å². The summed E-state index contributed by atoms with van der Waals surface area (Å²) in [5, 5.41) is 0. The average Bonchev–Trinajstić information content (AvgIpc) is 2.65. The fraction of sp³-hybridized carbons (Fsp3) is 0.357. The Labute approximate surface area is 101 Å². The number of carbonyl (C=O) groups excluding carboxylic acids is 1. The normalized spacial score (nSPS) is 19.8. The molecule has 1 atom stereocenters.